The molecular formula is C23H25N5O4S. The Balaban J connectivity index is 1.34. The molecule has 1 aliphatic heterocycles. The molecule has 0 aliphatic carbocycles. The maximum Gasteiger partial charge on any atom is 0.237 e. The van der Waals surface area contributed by atoms with Crippen LogP contribution in [-0.2, 0) is 23.1 Å². The Kier molecular flexibility index (Phi) is 6.55. The van der Waals surface area contributed by atoms with Crippen molar-refractivity contribution in [3.63, 3.8) is 0 Å². The normalized spacial score (nSPS) is 13.0. The minimum atomic E-state index is -0.435. The fourth-order valence-electron chi connectivity index (χ4n) is 3.32. The van der Waals surface area contributed by atoms with Gasteiger partial charge in [-0.3, -0.25) is 9.59 Å². The van der Waals surface area contributed by atoms with Gasteiger partial charge < -0.3 is 24.7 Å². The average Bonchev–Trinajstić information content (AvgIpc) is 3.37. The van der Waals surface area contributed by atoms with Crippen LogP contribution in [0.1, 0.15) is 23.9 Å². The average molecular weight is 468 g/mol. The lowest BCUT2D eigenvalue weighted by Gasteiger charge is -2.12. The minimum Gasteiger partial charge on any atom is -0.454 e. The summed E-state index contributed by atoms with van der Waals surface area (Å²) in [5.74, 6) is 1.41. The van der Waals surface area contributed by atoms with E-state index in [9.17, 15) is 9.59 Å². The van der Waals surface area contributed by atoms with Gasteiger partial charge in [-0.15, -0.1) is 10.2 Å². The second kappa shape index (κ2) is 9.53. The predicted molar refractivity (Wildman–Crippen MR) is 126 cm³/mol. The molecule has 172 valence electrons. The predicted octanol–water partition coefficient (Wildman–Crippen LogP) is 3.46. The highest BCUT2D eigenvalue weighted by atomic mass is 32.2. The Labute approximate surface area is 195 Å². The molecule has 0 saturated carbocycles. The van der Waals surface area contributed by atoms with Crippen LogP contribution in [-0.4, -0.2) is 38.6 Å². The van der Waals surface area contributed by atoms with Crippen LogP contribution in [0.25, 0.3) is 0 Å². The summed E-state index contributed by atoms with van der Waals surface area (Å²) in [6.07, 6.45) is 0.0785. The highest BCUT2D eigenvalue weighted by molar-refractivity contribution is 8.00. The van der Waals surface area contributed by atoms with Crippen molar-refractivity contribution in [3.05, 3.63) is 53.3 Å². The Bertz CT molecular complexity index is 1210. The first kappa shape index (κ1) is 22.7. The largest absolute Gasteiger partial charge is 0.454 e. The van der Waals surface area contributed by atoms with Crippen LogP contribution in [0.4, 0.5) is 11.4 Å². The molecule has 0 saturated heterocycles. The summed E-state index contributed by atoms with van der Waals surface area (Å²) in [6, 6.07) is 11.1. The number of hydrogen-bond donors (Lipinski definition) is 2. The second-order valence-corrected chi connectivity index (χ2v) is 9.13. The van der Waals surface area contributed by atoms with Crippen molar-refractivity contribution >= 4 is 35.0 Å². The molecule has 1 aromatic heterocycles. The van der Waals surface area contributed by atoms with Crippen molar-refractivity contribution < 1.29 is 19.1 Å². The molecule has 33 heavy (non-hydrogen) atoms. The van der Waals surface area contributed by atoms with E-state index in [0.29, 0.717) is 28.2 Å². The first-order valence-corrected chi connectivity index (χ1v) is 11.3. The number of hydrogen-bond acceptors (Lipinski definition) is 7. The maximum atomic E-state index is 12.6. The van der Waals surface area contributed by atoms with Crippen LogP contribution in [0.5, 0.6) is 11.5 Å². The number of amides is 2. The van der Waals surface area contributed by atoms with Gasteiger partial charge in [-0.05, 0) is 44.5 Å². The molecule has 9 nitrogen and oxygen atoms in total. The van der Waals surface area contributed by atoms with E-state index >= 15 is 0 Å². The molecule has 0 spiro atoms. The number of fused-ring (bicyclic) bond motifs is 1. The van der Waals surface area contributed by atoms with Crippen LogP contribution < -0.4 is 20.1 Å². The fourth-order valence-corrected chi connectivity index (χ4v) is 4.16. The zero-order valence-corrected chi connectivity index (χ0v) is 19.7. The fraction of sp³-hybridized carbons (Fsp3) is 0.304. The lowest BCUT2D eigenvalue weighted by Crippen LogP contribution is -2.23. The molecule has 2 N–H and O–H groups in total. The number of nitrogens with zero attached hydrogens (tertiary/aromatic N) is 3. The molecule has 0 bridgehead atoms. The zero-order chi connectivity index (χ0) is 23.5. The Hall–Kier alpha value is -3.53. The number of thioether (sulfide) groups is 1. The molecule has 0 unspecified atom stereocenters. The van der Waals surface area contributed by atoms with Gasteiger partial charge in [0.25, 0.3) is 0 Å². The first-order chi connectivity index (χ1) is 15.8. The van der Waals surface area contributed by atoms with Crippen LogP contribution in [0.15, 0.2) is 41.6 Å². The van der Waals surface area contributed by atoms with Gasteiger partial charge in [0.2, 0.25) is 18.6 Å². The summed E-state index contributed by atoms with van der Waals surface area (Å²) < 4.78 is 12.4. The van der Waals surface area contributed by atoms with Gasteiger partial charge in [0.05, 0.1) is 11.7 Å². The van der Waals surface area contributed by atoms with E-state index in [2.05, 4.69) is 20.8 Å². The molecule has 2 heterocycles. The molecule has 1 atom stereocenters. The second-order valence-electron chi connectivity index (χ2n) is 7.82. The lowest BCUT2D eigenvalue weighted by atomic mass is 10.1. The lowest BCUT2D eigenvalue weighted by molar-refractivity contribution is -0.116. The highest BCUT2D eigenvalue weighted by Crippen LogP contribution is 2.34. The summed E-state index contributed by atoms with van der Waals surface area (Å²) in [5.41, 5.74) is 3.53. The van der Waals surface area contributed by atoms with Crippen molar-refractivity contribution in [2.45, 2.75) is 37.6 Å². The Morgan fingerprint density at radius 3 is 2.67 bits per heavy atom. The number of nitrogens with one attached hydrogen (secondary N) is 2. The number of ether oxygens (including phenoxy) is 2. The molecule has 3 aromatic rings. The summed E-state index contributed by atoms with van der Waals surface area (Å²) in [5, 5.41) is 14.2. The van der Waals surface area contributed by atoms with Gasteiger partial charge in [-0.2, -0.15) is 0 Å². The molecule has 2 amide bonds. The minimum absolute atomic E-state index is 0.0785. The van der Waals surface area contributed by atoms with Crippen LogP contribution in [0, 0.1) is 13.8 Å². The third-order valence-electron chi connectivity index (χ3n) is 5.19. The quantitative estimate of drug-likeness (QED) is 0.513. The standard InChI is InChI=1S/C23H25N5O4S/c1-13-5-7-17(14(2)9-13)25-21(29)11-20-26-27-23(28(20)4)33-15(3)22(30)24-16-6-8-18-19(10-16)32-12-31-18/h5-10,15H,11-12H2,1-4H3,(H,24,30)(H,25,29)/t15-/m0/s1. The van der Waals surface area contributed by atoms with E-state index in [-0.39, 0.29) is 25.0 Å². The van der Waals surface area contributed by atoms with Crippen LogP contribution in [0.2, 0.25) is 0 Å². The third-order valence-corrected chi connectivity index (χ3v) is 6.33. The van der Waals surface area contributed by atoms with E-state index in [1.54, 1.807) is 36.7 Å². The van der Waals surface area contributed by atoms with E-state index < -0.39 is 5.25 Å². The summed E-state index contributed by atoms with van der Waals surface area (Å²) >= 11 is 1.27. The van der Waals surface area contributed by atoms with Crippen LogP contribution >= 0.6 is 11.8 Å². The van der Waals surface area contributed by atoms with Crippen molar-refractivity contribution in [2.24, 2.45) is 7.05 Å². The Morgan fingerprint density at radius 1 is 1.09 bits per heavy atom. The van der Waals surface area contributed by atoms with Crippen molar-refractivity contribution in [3.8, 4) is 11.5 Å². The van der Waals surface area contributed by atoms with E-state index in [0.717, 1.165) is 16.8 Å². The number of aryl methyl sites for hydroxylation is 2. The number of rotatable bonds is 7. The first-order valence-electron chi connectivity index (χ1n) is 10.4. The number of carbonyl (C=O) groups is 2. The third kappa shape index (κ3) is 5.28. The number of benzene rings is 2. The maximum absolute atomic E-state index is 12.6. The summed E-state index contributed by atoms with van der Waals surface area (Å²) in [7, 11) is 1.78. The van der Waals surface area contributed by atoms with Crippen molar-refractivity contribution in [2.75, 3.05) is 17.4 Å². The molecule has 0 radical (unpaired) electrons. The SMILES string of the molecule is Cc1ccc(NC(=O)Cc2nnc(S[C@@H](C)C(=O)Nc3ccc4c(c3)OCO4)n2C)c(C)c1. The zero-order valence-electron chi connectivity index (χ0n) is 18.8. The van der Waals surface area contributed by atoms with E-state index in [1.807, 2.05) is 32.0 Å². The number of carbonyl (C=O) groups excluding carboxylic acids is 2. The molecule has 1 aliphatic rings. The highest BCUT2D eigenvalue weighted by Gasteiger charge is 2.21. The molecule has 0 fully saturated rings. The number of aromatic nitrogens is 3. The Morgan fingerprint density at radius 2 is 1.88 bits per heavy atom. The van der Waals surface area contributed by atoms with Crippen molar-refractivity contribution in [1.82, 2.24) is 14.8 Å². The van der Waals surface area contributed by atoms with Gasteiger partial charge in [-0.1, -0.05) is 29.5 Å². The molecule has 10 heteroatoms. The molecule has 2 aromatic carbocycles. The van der Waals surface area contributed by atoms with Gasteiger partial charge in [0, 0.05) is 24.5 Å². The van der Waals surface area contributed by atoms with Gasteiger partial charge in [0.1, 0.15) is 5.82 Å². The van der Waals surface area contributed by atoms with Crippen molar-refractivity contribution in [1.29, 1.82) is 0 Å². The topological polar surface area (TPSA) is 107 Å². The molecular weight excluding hydrogens is 442 g/mol. The molecule has 4 rings (SSSR count). The van der Waals surface area contributed by atoms with Gasteiger partial charge >= 0.3 is 0 Å². The summed E-state index contributed by atoms with van der Waals surface area (Å²) in [4.78, 5) is 25.2. The monoisotopic (exact) mass is 467 g/mol. The number of anilines is 2. The van der Waals surface area contributed by atoms with Gasteiger partial charge in [-0.25, -0.2) is 0 Å². The summed E-state index contributed by atoms with van der Waals surface area (Å²) in [6.45, 7) is 5.92. The van der Waals surface area contributed by atoms with E-state index in [4.69, 9.17) is 9.47 Å². The van der Waals surface area contributed by atoms with Crippen LogP contribution in [0.3, 0.4) is 0 Å². The van der Waals surface area contributed by atoms with Gasteiger partial charge in [0.15, 0.2) is 16.7 Å². The smallest absolute Gasteiger partial charge is 0.237 e. The van der Waals surface area contributed by atoms with E-state index in [1.165, 1.54) is 11.8 Å².